The number of ether oxygens (including phenoxy) is 1. The van der Waals surface area contributed by atoms with E-state index in [-0.39, 0.29) is 12.2 Å². The van der Waals surface area contributed by atoms with Crippen LogP contribution in [0.4, 0.5) is 0 Å². The summed E-state index contributed by atoms with van der Waals surface area (Å²) in [6.45, 7) is 2.64. The highest BCUT2D eigenvalue weighted by molar-refractivity contribution is 7.98. The largest absolute Gasteiger partial charge is 0.375 e. The Kier molecular flexibility index (Phi) is 3.91. The van der Waals surface area contributed by atoms with Crippen molar-refractivity contribution < 1.29 is 4.74 Å². The number of thioether (sulfide) groups is 1. The van der Waals surface area contributed by atoms with Crippen LogP contribution in [0.5, 0.6) is 0 Å². The molecule has 6 heteroatoms. The number of rotatable bonds is 4. The smallest absolute Gasteiger partial charge is 0.275 e. The van der Waals surface area contributed by atoms with Crippen LogP contribution in [0.1, 0.15) is 12.6 Å². The molecule has 0 saturated carbocycles. The van der Waals surface area contributed by atoms with Crippen LogP contribution in [-0.2, 0) is 11.3 Å². The molecule has 0 bridgehead atoms. The van der Waals surface area contributed by atoms with E-state index in [0.29, 0.717) is 17.5 Å². The van der Waals surface area contributed by atoms with Gasteiger partial charge in [0, 0.05) is 6.61 Å². The van der Waals surface area contributed by atoms with Crippen molar-refractivity contribution in [2.45, 2.75) is 18.7 Å². The summed E-state index contributed by atoms with van der Waals surface area (Å²) in [5, 5.41) is 8.05. The van der Waals surface area contributed by atoms with Gasteiger partial charge in [-0.1, -0.05) is 11.8 Å². The van der Waals surface area contributed by atoms with Crippen LogP contribution >= 0.6 is 11.8 Å². The van der Waals surface area contributed by atoms with Gasteiger partial charge in [0.15, 0.2) is 10.9 Å². The number of aromatic amines is 1. The lowest BCUT2D eigenvalue weighted by Crippen LogP contribution is -2.18. The molecule has 1 heterocycles. The molecule has 0 aromatic carbocycles. The van der Waals surface area contributed by atoms with E-state index < -0.39 is 0 Å². The Balaban J connectivity index is 2.80. The van der Waals surface area contributed by atoms with Gasteiger partial charge in [-0.25, -0.2) is 0 Å². The van der Waals surface area contributed by atoms with Crippen molar-refractivity contribution in [1.82, 2.24) is 15.2 Å². The van der Waals surface area contributed by atoms with E-state index in [1.807, 2.05) is 13.2 Å². The molecular formula is C7H11N3O2S. The Morgan fingerprint density at radius 1 is 1.54 bits per heavy atom. The first-order valence-electron chi connectivity index (χ1n) is 3.85. The molecule has 0 aliphatic rings. The molecule has 5 nitrogen and oxygen atoms in total. The van der Waals surface area contributed by atoms with Gasteiger partial charge in [0.25, 0.3) is 5.56 Å². The zero-order valence-electron chi connectivity index (χ0n) is 7.53. The summed E-state index contributed by atoms with van der Waals surface area (Å²) in [6, 6.07) is 0. The van der Waals surface area contributed by atoms with E-state index in [4.69, 9.17) is 4.74 Å². The number of nitrogens with one attached hydrogen (secondary N) is 1. The molecular weight excluding hydrogens is 190 g/mol. The molecule has 1 aromatic heterocycles. The van der Waals surface area contributed by atoms with Crippen molar-refractivity contribution in [3.05, 3.63) is 16.0 Å². The molecule has 72 valence electrons. The van der Waals surface area contributed by atoms with Crippen LogP contribution in [0, 0.1) is 0 Å². The summed E-state index contributed by atoms with van der Waals surface area (Å²) in [4.78, 5) is 13.8. The van der Waals surface area contributed by atoms with Gasteiger partial charge in [-0.05, 0) is 13.2 Å². The molecule has 0 aliphatic heterocycles. The Labute approximate surface area is 79.9 Å². The predicted molar refractivity (Wildman–Crippen MR) is 49.8 cm³/mol. The fraction of sp³-hybridized carbons (Fsp3) is 0.571. The third-order valence-electron chi connectivity index (χ3n) is 1.38. The minimum absolute atomic E-state index is 0.216. The lowest BCUT2D eigenvalue weighted by atomic mass is 10.5. The van der Waals surface area contributed by atoms with E-state index in [2.05, 4.69) is 15.2 Å². The number of H-pyrrole nitrogens is 1. The van der Waals surface area contributed by atoms with Crippen molar-refractivity contribution in [3.63, 3.8) is 0 Å². The molecule has 0 fully saturated rings. The third-order valence-corrected chi connectivity index (χ3v) is 1.95. The highest BCUT2D eigenvalue weighted by atomic mass is 32.2. The first-order chi connectivity index (χ1) is 6.27. The molecule has 0 spiro atoms. The van der Waals surface area contributed by atoms with Crippen molar-refractivity contribution in [3.8, 4) is 0 Å². The summed E-state index contributed by atoms with van der Waals surface area (Å²) in [6.07, 6.45) is 1.82. The van der Waals surface area contributed by atoms with Gasteiger partial charge >= 0.3 is 0 Å². The van der Waals surface area contributed by atoms with E-state index >= 15 is 0 Å². The SMILES string of the molecule is CCOCc1nnc(SC)[nH]c1=O. The average molecular weight is 201 g/mol. The van der Waals surface area contributed by atoms with Crippen LogP contribution in [0.3, 0.4) is 0 Å². The van der Waals surface area contributed by atoms with Crippen LogP contribution < -0.4 is 5.56 Å². The summed E-state index contributed by atoms with van der Waals surface area (Å²) >= 11 is 1.35. The highest BCUT2D eigenvalue weighted by Crippen LogP contribution is 2.02. The standard InChI is InChI=1S/C7H11N3O2S/c1-3-12-4-5-6(11)8-7(13-2)10-9-5/h3-4H2,1-2H3,(H,8,10,11). The molecule has 1 aromatic rings. The molecule has 1 rings (SSSR count). The van der Waals surface area contributed by atoms with Gasteiger partial charge in [0.1, 0.15) is 0 Å². The topological polar surface area (TPSA) is 67.9 Å². The molecule has 1 N–H and O–H groups in total. The first-order valence-corrected chi connectivity index (χ1v) is 5.08. The number of nitrogens with zero attached hydrogens (tertiary/aromatic N) is 2. The third kappa shape index (κ3) is 2.82. The van der Waals surface area contributed by atoms with Gasteiger partial charge < -0.3 is 4.74 Å². The Morgan fingerprint density at radius 2 is 2.31 bits per heavy atom. The molecule has 0 saturated heterocycles. The van der Waals surface area contributed by atoms with Gasteiger partial charge in [-0.3, -0.25) is 9.78 Å². The molecule has 0 unspecified atom stereocenters. The lowest BCUT2D eigenvalue weighted by molar-refractivity contribution is 0.129. The van der Waals surface area contributed by atoms with E-state index in [0.717, 1.165) is 0 Å². The van der Waals surface area contributed by atoms with Gasteiger partial charge in [-0.2, -0.15) is 0 Å². The number of hydrogen-bond donors (Lipinski definition) is 1. The van der Waals surface area contributed by atoms with Crippen molar-refractivity contribution >= 4 is 11.8 Å². The monoisotopic (exact) mass is 201 g/mol. The molecule has 0 atom stereocenters. The minimum atomic E-state index is -0.229. The van der Waals surface area contributed by atoms with E-state index in [9.17, 15) is 4.79 Å². The van der Waals surface area contributed by atoms with Crippen molar-refractivity contribution in [2.75, 3.05) is 12.9 Å². The van der Waals surface area contributed by atoms with Crippen LogP contribution in [-0.4, -0.2) is 28.0 Å². The fourth-order valence-electron chi connectivity index (χ4n) is 0.730. The van der Waals surface area contributed by atoms with Crippen LogP contribution in [0.2, 0.25) is 0 Å². The van der Waals surface area contributed by atoms with Gasteiger partial charge in [0.2, 0.25) is 0 Å². The second-order valence-corrected chi connectivity index (χ2v) is 3.04. The van der Waals surface area contributed by atoms with Crippen LogP contribution in [0.25, 0.3) is 0 Å². The number of aromatic nitrogens is 3. The second kappa shape index (κ2) is 4.98. The van der Waals surface area contributed by atoms with Gasteiger partial charge in [-0.15, -0.1) is 10.2 Å². The molecule has 13 heavy (non-hydrogen) atoms. The van der Waals surface area contributed by atoms with Crippen molar-refractivity contribution in [1.29, 1.82) is 0 Å². The predicted octanol–water partition coefficient (Wildman–Crippen LogP) is 0.423. The van der Waals surface area contributed by atoms with Crippen molar-refractivity contribution in [2.24, 2.45) is 0 Å². The minimum Gasteiger partial charge on any atom is -0.375 e. The Morgan fingerprint density at radius 3 is 2.85 bits per heavy atom. The van der Waals surface area contributed by atoms with E-state index in [1.165, 1.54) is 11.8 Å². The zero-order valence-corrected chi connectivity index (χ0v) is 8.35. The maximum absolute atomic E-state index is 11.3. The van der Waals surface area contributed by atoms with E-state index in [1.54, 1.807) is 0 Å². The Bertz CT molecular complexity index is 326. The average Bonchev–Trinajstić information content (AvgIpc) is 2.16. The lowest BCUT2D eigenvalue weighted by Gasteiger charge is -1.99. The normalized spacial score (nSPS) is 10.3. The molecule has 0 aliphatic carbocycles. The summed E-state index contributed by atoms with van der Waals surface area (Å²) in [7, 11) is 0. The maximum Gasteiger partial charge on any atom is 0.275 e. The quantitative estimate of drug-likeness (QED) is 0.715. The first kappa shape index (κ1) is 10.2. The fourth-order valence-corrected chi connectivity index (χ4v) is 1.05. The number of hydrogen-bond acceptors (Lipinski definition) is 5. The summed E-state index contributed by atoms with van der Waals surface area (Å²) in [5.41, 5.74) is 0.0902. The maximum atomic E-state index is 11.3. The second-order valence-electron chi connectivity index (χ2n) is 2.25. The van der Waals surface area contributed by atoms with Crippen LogP contribution in [0.15, 0.2) is 9.95 Å². The molecule has 0 radical (unpaired) electrons. The zero-order chi connectivity index (χ0) is 9.68. The Hall–Kier alpha value is -0.880. The highest BCUT2D eigenvalue weighted by Gasteiger charge is 2.03. The van der Waals surface area contributed by atoms with Gasteiger partial charge in [0.05, 0.1) is 6.61 Å². The molecule has 0 amide bonds. The summed E-state index contributed by atoms with van der Waals surface area (Å²) in [5.74, 6) is 0. The summed E-state index contributed by atoms with van der Waals surface area (Å²) < 4.78 is 5.04.